The molecule has 0 saturated carbocycles. The number of aromatic nitrogens is 6. The van der Waals surface area contributed by atoms with E-state index >= 15 is 0 Å². The van der Waals surface area contributed by atoms with Crippen molar-refractivity contribution in [2.75, 3.05) is 13.2 Å². The van der Waals surface area contributed by atoms with Crippen molar-refractivity contribution in [2.24, 2.45) is 13.0 Å². The van der Waals surface area contributed by atoms with E-state index in [4.69, 9.17) is 9.72 Å². The van der Waals surface area contributed by atoms with Gasteiger partial charge in [-0.15, -0.1) is 5.10 Å². The molecule has 0 amide bonds. The largest absolute Gasteiger partial charge is 0.384 e. The van der Waals surface area contributed by atoms with Crippen molar-refractivity contribution in [3.8, 4) is 11.3 Å². The second-order valence-electron chi connectivity index (χ2n) is 10.3. The molecule has 10 heteroatoms. The highest BCUT2D eigenvalue weighted by Crippen LogP contribution is 2.45. The summed E-state index contributed by atoms with van der Waals surface area (Å²) in [6.45, 7) is 6.74. The number of hydrogen-bond donors (Lipinski definition) is 1. The van der Waals surface area contributed by atoms with Crippen molar-refractivity contribution in [1.82, 2.24) is 28.9 Å². The number of fused-ring (bicyclic) bond motifs is 3. The van der Waals surface area contributed by atoms with Crippen LogP contribution in [0.15, 0.2) is 36.5 Å². The number of aliphatic hydroxyl groups is 1. The second-order valence-corrected chi connectivity index (χ2v) is 11.1. The number of pyridine rings is 1. The molecule has 1 aromatic carbocycles. The molecule has 1 N–H and O–H groups in total. The smallest absolute Gasteiger partial charge is 0.123 e. The number of aryl methyl sites for hydroxylation is 2. The van der Waals surface area contributed by atoms with Crippen LogP contribution >= 0.6 is 11.5 Å². The third kappa shape index (κ3) is 4.03. The first-order valence-corrected chi connectivity index (χ1v) is 13.2. The zero-order valence-corrected chi connectivity index (χ0v) is 22.1. The molecule has 5 aromatic rings. The predicted molar refractivity (Wildman–Crippen MR) is 141 cm³/mol. The van der Waals surface area contributed by atoms with E-state index in [-0.39, 0.29) is 17.8 Å². The van der Waals surface area contributed by atoms with E-state index in [0.717, 1.165) is 56.6 Å². The van der Waals surface area contributed by atoms with Gasteiger partial charge >= 0.3 is 0 Å². The van der Waals surface area contributed by atoms with Crippen LogP contribution in [0.3, 0.4) is 0 Å². The van der Waals surface area contributed by atoms with Gasteiger partial charge in [-0.1, -0.05) is 17.3 Å². The van der Waals surface area contributed by atoms with Crippen LogP contribution in [0, 0.1) is 18.7 Å². The van der Waals surface area contributed by atoms with E-state index in [1.807, 2.05) is 26.2 Å². The van der Waals surface area contributed by atoms with Crippen LogP contribution in [0.5, 0.6) is 0 Å². The van der Waals surface area contributed by atoms with Crippen molar-refractivity contribution in [2.45, 2.75) is 45.3 Å². The minimum absolute atomic E-state index is 0.195. The number of hydrogen-bond acceptors (Lipinski definition) is 7. The first-order chi connectivity index (χ1) is 17.7. The Labute approximate surface area is 217 Å². The topological polar surface area (TPSA) is 90.9 Å². The molecular formula is C27H29FN6O2S. The zero-order chi connectivity index (χ0) is 25.9. The average molecular weight is 521 g/mol. The SMILES string of the molecule is Cc1nnn(C)c1-c1cnc2c3snc(C(C)(C)O)c3n(C(c3cccc(F)c3)C3CCOCC3)c2c1. The molecule has 8 nitrogen and oxygen atoms in total. The van der Waals surface area contributed by atoms with Gasteiger partial charge in [0.15, 0.2) is 0 Å². The summed E-state index contributed by atoms with van der Waals surface area (Å²) in [4.78, 5) is 4.90. The van der Waals surface area contributed by atoms with Crippen LogP contribution in [0.1, 0.15) is 49.7 Å². The normalized spacial score (nSPS) is 16.2. The summed E-state index contributed by atoms with van der Waals surface area (Å²) in [6, 6.07) is 8.75. The lowest BCUT2D eigenvalue weighted by molar-refractivity contribution is 0.0547. The quantitative estimate of drug-likeness (QED) is 0.345. The summed E-state index contributed by atoms with van der Waals surface area (Å²) in [5.41, 5.74) is 5.47. The average Bonchev–Trinajstić information content (AvgIpc) is 3.53. The van der Waals surface area contributed by atoms with E-state index in [9.17, 15) is 9.50 Å². The van der Waals surface area contributed by atoms with Crippen LogP contribution in [0.4, 0.5) is 4.39 Å². The molecule has 5 heterocycles. The first kappa shape index (κ1) is 24.1. The molecule has 1 atom stereocenters. The van der Waals surface area contributed by atoms with Gasteiger partial charge in [-0.2, -0.15) is 4.37 Å². The van der Waals surface area contributed by atoms with E-state index in [1.165, 1.54) is 17.6 Å². The lowest BCUT2D eigenvalue weighted by Gasteiger charge is -2.33. The monoisotopic (exact) mass is 520 g/mol. The number of nitrogens with zero attached hydrogens (tertiary/aromatic N) is 6. The number of rotatable bonds is 5. The molecule has 1 saturated heterocycles. The van der Waals surface area contributed by atoms with Crippen LogP contribution in [-0.4, -0.2) is 47.2 Å². The first-order valence-electron chi connectivity index (χ1n) is 12.5. The molecule has 6 rings (SSSR count). The van der Waals surface area contributed by atoms with Gasteiger partial charge in [0.1, 0.15) is 22.6 Å². The molecule has 1 aliphatic heterocycles. The predicted octanol–water partition coefficient (Wildman–Crippen LogP) is 5.13. The second kappa shape index (κ2) is 8.97. The summed E-state index contributed by atoms with van der Waals surface area (Å²) >= 11 is 1.34. The summed E-state index contributed by atoms with van der Waals surface area (Å²) in [5.74, 6) is -0.0727. The molecule has 1 fully saturated rings. The molecule has 1 aliphatic rings. The summed E-state index contributed by atoms with van der Waals surface area (Å²) in [5, 5.41) is 19.5. The molecule has 0 radical (unpaired) electrons. The zero-order valence-electron chi connectivity index (χ0n) is 21.3. The third-order valence-electron chi connectivity index (χ3n) is 7.28. The van der Waals surface area contributed by atoms with Gasteiger partial charge in [0, 0.05) is 32.0 Å². The lowest BCUT2D eigenvalue weighted by Crippen LogP contribution is -2.28. The van der Waals surface area contributed by atoms with Crippen LogP contribution in [0.2, 0.25) is 0 Å². The molecule has 0 spiro atoms. The van der Waals surface area contributed by atoms with Crippen molar-refractivity contribution in [3.05, 3.63) is 59.3 Å². The summed E-state index contributed by atoms with van der Waals surface area (Å²) < 4.78 is 29.9. The fraction of sp³-hybridized carbons (Fsp3) is 0.407. The van der Waals surface area contributed by atoms with Crippen LogP contribution < -0.4 is 0 Å². The Morgan fingerprint density at radius 3 is 2.68 bits per heavy atom. The lowest BCUT2D eigenvalue weighted by atomic mass is 9.86. The minimum Gasteiger partial charge on any atom is -0.384 e. The van der Waals surface area contributed by atoms with E-state index < -0.39 is 5.60 Å². The highest BCUT2D eigenvalue weighted by molar-refractivity contribution is 7.14. The van der Waals surface area contributed by atoms with Gasteiger partial charge in [-0.05, 0) is 74.8 Å². The van der Waals surface area contributed by atoms with Gasteiger partial charge in [-0.3, -0.25) is 4.98 Å². The Morgan fingerprint density at radius 2 is 2.00 bits per heavy atom. The highest BCUT2D eigenvalue weighted by Gasteiger charge is 2.35. The molecule has 1 unspecified atom stereocenters. The maximum absolute atomic E-state index is 14.6. The van der Waals surface area contributed by atoms with Crippen molar-refractivity contribution < 1.29 is 14.2 Å². The fourth-order valence-electron chi connectivity index (χ4n) is 5.63. The van der Waals surface area contributed by atoms with E-state index in [1.54, 1.807) is 30.7 Å². The maximum Gasteiger partial charge on any atom is 0.123 e. The number of halogens is 1. The molecule has 0 aliphatic carbocycles. The maximum atomic E-state index is 14.6. The van der Waals surface area contributed by atoms with Gasteiger partial charge in [0.05, 0.1) is 33.2 Å². The van der Waals surface area contributed by atoms with Gasteiger partial charge < -0.3 is 14.4 Å². The third-order valence-corrected chi connectivity index (χ3v) is 8.12. The molecule has 4 aromatic heterocycles. The minimum atomic E-state index is -1.17. The van der Waals surface area contributed by atoms with E-state index in [0.29, 0.717) is 18.9 Å². The summed E-state index contributed by atoms with van der Waals surface area (Å²) in [6.07, 6.45) is 3.53. The van der Waals surface area contributed by atoms with Gasteiger partial charge in [-0.25, -0.2) is 9.07 Å². The van der Waals surface area contributed by atoms with Crippen LogP contribution in [0.25, 0.3) is 32.5 Å². The Hall–Kier alpha value is -3.21. The Kier molecular flexibility index (Phi) is 5.85. The fourth-order valence-corrected chi connectivity index (χ4v) is 6.64. The van der Waals surface area contributed by atoms with E-state index in [2.05, 4.69) is 25.3 Å². The Bertz CT molecular complexity index is 1590. The molecule has 0 bridgehead atoms. The molecule has 192 valence electrons. The summed E-state index contributed by atoms with van der Waals surface area (Å²) in [7, 11) is 1.87. The van der Waals surface area contributed by atoms with Crippen LogP contribution in [-0.2, 0) is 17.4 Å². The standard InChI is InChI=1S/C27H29FN6O2S/c1-15-22(33(4)32-30-15)18-13-20-21(29-14-18)25-24(26(31-37-25)27(2,3)35)34(20)23(16-8-10-36-11-9-16)17-6-5-7-19(28)12-17/h5-7,12-14,16,23,35H,8-11H2,1-4H3. The Morgan fingerprint density at radius 1 is 1.22 bits per heavy atom. The van der Waals surface area contributed by atoms with Gasteiger partial charge in [0.2, 0.25) is 0 Å². The van der Waals surface area contributed by atoms with Crippen molar-refractivity contribution in [3.63, 3.8) is 0 Å². The Balaban J connectivity index is 1.71. The molecular weight excluding hydrogens is 491 g/mol. The number of ether oxygens (including phenoxy) is 1. The molecule has 37 heavy (non-hydrogen) atoms. The number of benzene rings is 1. The van der Waals surface area contributed by atoms with Crippen molar-refractivity contribution >= 4 is 32.8 Å². The van der Waals surface area contributed by atoms with Crippen molar-refractivity contribution in [1.29, 1.82) is 0 Å². The highest BCUT2D eigenvalue weighted by atomic mass is 32.1. The van der Waals surface area contributed by atoms with Gasteiger partial charge in [0.25, 0.3) is 0 Å².